The molecule has 0 saturated carbocycles. The van der Waals surface area contributed by atoms with Crippen molar-refractivity contribution in [2.24, 2.45) is 0 Å². The molecule has 0 aliphatic rings. The predicted molar refractivity (Wildman–Crippen MR) is 82.5 cm³/mol. The van der Waals surface area contributed by atoms with Crippen molar-refractivity contribution in [1.82, 2.24) is 15.3 Å². The van der Waals surface area contributed by atoms with Gasteiger partial charge in [0.2, 0.25) is 0 Å². The van der Waals surface area contributed by atoms with Gasteiger partial charge in [0, 0.05) is 29.5 Å². The zero-order valence-electron chi connectivity index (χ0n) is 11.6. The van der Waals surface area contributed by atoms with Gasteiger partial charge in [-0.1, -0.05) is 19.9 Å². The first-order valence-corrected chi connectivity index (χ1v) is 7.33. The van der Waals surface area contributed by atoms with Crippen LogP contribution in [0.1, 0.15) is 25.1 Å². The molecule has 0 atom stereocenters. The Bertz CT molecular complexity index is 543. The molecule has 2 aromatic heterocycles. The molecule has 2 aromatic rings. The second kappa shape index (κ2) is 7.36. The van der Waals surface area contributed by atoms with E-state index in [0.29, 0.717) is 12.6 Å². The summed E-state index contributed by atoms with van der Waals surface area (Å²) < 4.78 is 6.54. The molecule has 0 aliphatic heterocycles. The molecule has 0 radical (unpaired) electrons. The van der Waals surface area contributed by atoms with Gasteiger partial charge in [-0.3, -0.25) is 9.97 Å². The van der Waals surface area contributed by atoms with Crippen LogP contribution in [0.5, 0.6) is 5.75 Å². The molecule has 0 amide bonds. The van der Waals surface area contributed by atoms with Gasteiger partial charge in [-0.15, -0.1) is 0 Å². The zero-order chi connectivity index (χ0) is 14.4. The van der Waals surface area contributed by atoms with Crippen molar-refractivity contribution in [1.29, 1.82) is 0 Å². The van der Waals surface area contributed by atoms with E-state index in [1.54, 1.807) is 12.4 Å². The monoisotopic (exact) mass is 335 g/mol. The standard InChI is InChI=1S/C15H18BrN3O/c1-11(2)18-6-12-3-4-14(19-7-12)10-20-15-5-13(16)8-17-9-15/h3-5,7-9,11,18H,6,10H2,1-2H3. The molecule has 0 aliphatic carbocycles. The minimum absolute atomic E-state index is 0.440. The average Bonchev–Trinajstić information content (AvgIpc) is 2.44. The van der Waals surface area contributed by atoms with E-state index in [0.717, 1.165) is 22.5 Å². The van der Waals surface area contributed by atoms with Gasteiger partial charge >= 0.3 is 0 Å². The Labute approximate surface area is 127 Å². The minimum atomic E-state index is 0.440. The molecule has 0 spiro atoms. The maximum absolute atomic E-state index is 5.64. The van der Waals surface area contributed by atoms with E-state index in [9.17, 15) is 0 Å². The first-order valence-electron chi connectivity index (χ1n) is 6.54. The lowest BCUT2D eigenvalue weighted by molar-refractivity contribution is 0.300. The summed E-state index contributed by atoms with van der Waals surface area (Å²) in [7, 11) is 0. The van der Waals surface area contributed by atoms with Crippen molar-refractivity contribution in [3.63, 3.8) is 0 Å². The van der Waals surface area contributed by atoms with E-state index in [2.05, 4.69) is 51.1 Å². The molecule has 0 aromatic carbocycles. The largest absolute Gasteiger partial charge is 0.486 e. The van der Waals surface area contributed by atoms with Gasteiger partial charge in [0.1, 0.15) is 12.4 Å². The Balaban J connectivity index is 1.87. The molecule has 0 unspecified atom stereocenters. The minimum Gasteiger partial charge on any atom is -0.486 e. The van der Waals surface area contributed by atoms with E-state index < -0.39 is 0 Å². The summed E-state index contributed by atoms with van der Waals surface area (Å²) in [6, 6.07) is 6.42. The Kier molecular flexibility index (Phi) is 5.49. The van der Waals surface area contributed by atoms with Crippen LogP contribution in [0.25, 0.3) is 0 Å². The first kappa shape index (κ1) is 14.9. The van der Waals surface area contributed by atoms with Gasteiger partial charge in [0.15, 0.2) is 0 Å². The maximum Gasteiger partial charge on any atom is 0.139 e. The van der Waals surface area contributed by atoms with Crippen molar-refractivity contribution >= 4 is 15.9 Å². The van der Waals surface area contributed by atoms with Crippen molar-refractivity contribution in [3.05, 3.63) is 52.5 Å². The van der Waals surface area contributed by atoms with Gasteiger partial charge in [0.05, 0.1) is 11.9 Å². The van der Waals surface area contributed by atoms with Crippen LogP contribution >= 0.6 is 15.9 Å². The number of aromatic nitrogens is 2. The smallest absolute Gasteiger partial charge is 0.139 e. The highest BCUT2D eigenvalue weighted by Crippen LogP contribution is 2.16. The Morgan fingerprint density at radius 3 is 2.75 bits per heavy atom. The molecule has 2 rings (SSSR count). The number of ether oxygens (including phenoxy) is 1. The highest BCUT2D eigenvalue weighted by Gasteiger charge is 2.00. The van der Waals surface area contributed by atoms with Crippen molar-refractivity contribution in [2.45, 2.75) is 33.0 Å². The third-order valence-electron chi connectivity index (χ3n) is 2.67. The number of nitrogens with one attached hydrogen (secondary N) is 1. The molecule has 0 bridgehead atoms. The quantitative estimate of drug-likeness (QED) is 0.879. The lowest BCUT2D eigenvalue weighted by atomic mass is 10.2. The van der Waals surface area contributed by atoms with Gasteiger partial charge in [-0.25, -0.2) is 0 Å². The molecule has 106 valence electrons. The third kappa shape index (κ3) is 4.90. The zero-order valence-corrected chi connectivity index (χ0v) is 13.2. The fourth-order valence-electron chi connectivity index (χ4n) is 1.60. The summed E-state index contributed by atoms with van der Waals surface area (Å²) in [5.41, 5.74) is 2.07. The van der Waals surface area contributed by atoms with E-state index in [1.807, 2.05) is 18.3 Å². The number of hydrogen-bond acceptors (Lipinski definition) is 4. The van der Waals surface area contributed by atoms with Crippen LogP contribution in [0, 0.1) is 0 Å². The van der Waals surface area contributed by atoms with Gasteiger partial charge < -0.3 is 10.1 Å². The van der Waals surface area contributed by atoms with E-state index in [1.165, 1.54) is 5.56 Å². The Morgan fingerprint density at radius 2 is 2.10 bits per heavy atom. The van der Waals surface area contributed by atoms with Crippen molar-refractivity contribution in [2.75, 3.05) is 0 Å². The van der Waals surface area contributed by atoms with Crippen LogP contribution in [-0.4, -0.2) is 16.0 Å². The lowest BCUT2D eigenvalue weighted by Gasteiger charge is -2.09. The Morgan fingerprint density at radius 1 is 1.25 bits per heavy atom. The molecule has 1 N–H and O–H groups in total. The van der Waals surface area contributed by atoms with Crippen LogP contribution in [0.3, 0.4) is 0 Å². The number of nitrogens with zero attached hydrogens (tertiary/aromatic N) is 2. The molecule has 2 heterocycles. The van der Waals surface area contributed by atoms with Crippen molar-refractivity contribution < 1.29 is 4.74 Å². The highest BCUT2D eigenvalue weighted by atomic mass is 79.9. The molecule has 5 heteroatoms. The fraction of sp³-hybridized carbons (Fsp3) is 0.333. The topological polar surface area (TPSA) is 47.0 Å². The predicted octanol–water partition coefficient (Wildman–Crippen LogP) is 3.32. The van der Waals surface area contributed by atoms with Crippen LogP contribution in [0.4, 0.5) is 0 Å². The number of pyridine rings is 2. The number of halogens is 1. The van der Waals surface area contributed by atoms with Crippen LogP contribution < -0.4 is 10.1 Å². The highest BCUT2D eigenvalue weighted by molar-refractivity contribution is 9.10. The molecule has 4 nitrogen and oxygen atoms in total. The van der Waals surface area contributed by atoms with Crippen LogP contribution in [0.15, 0.2) is 41.3 Å². The summed E-state index contributed by atoms with van der Waals surface area (Å²) in [6.07, 6.45) is 5.29. The van der Waals surface area contributed by atoms with E-state index in [4.69, 9.17) is 4.74 Å². The van der Waals surface area contributed by atoms with Crippen LogP contribution in [0.2, 0.25) is 0 Å². The Hall–Kier alpha value is -1.46. The van der Waals surface area contributed by atoms with Crippen LogP contribution in [-0.2, 0) is 13.2 Å². The van der Waals surface area contributed by atoms with Gasteiger partial charge in [-0.05, 0) is 33.6 Å². The second-order valence-corrected chi connectivity index (χ2v) is 5.74. The fourth-order valence-corrected chi connectivity index (χ4v) is 1.94. The SMILES string of the molecule is CC(C)NCc1ccc(COc2cncc(Br)c2)nc1. The molecular formula is C15H18BrN3O. The lowest BCUT2D eigenvalue weighted by Crippen LogP contribution is -2.21. The maximum atomic E-state index is 5.64. The summed E-state index contributed by atoms with van der Waals surface area (Å²) in [5, 5.41) is 3.36. The summed E-state index contributed by atoms with van der Waals surface area (Å²) in [6.45, 7) is 5.53. The molecule has 0 fully saturated rings. The number of hydrogen-bond donors (Lipinski definition) is 1. The summed E-state index contributed by atoms with van der Waals surface area (Å²) in [4.78, 5) is 8.45. The first-order chi connectivity index (χ1) is 9.63. The van der Waals surface area contributed by atoms with E-state index >= 15 is 0 Å². The third-order valence-corrected chi connectivity index (χ3v) is 3.10. The second-order valence-electron chi connectivity index (χ2n) is 4.82. The number of rotatable bonds is 6. The summed E-state index contributed by atoms with van der Waals surface area (Å²) in [5.74, 6) is 0.728. The van der Waals surface area contributed by atoms with Gasteiger partial charge in [-0.2, -0.15) is 0 Å². The molecule has 20 heavy (non-hydrogen) atoms. The average molecular weight is 336 g/mol. The van der Waals surface area contributed by atoms with E-state index in [-0.39, 0.29) is 0 Å². The normalized spacial score (nSPS) is 10.8. The van der Waals surface area contributed by atoms with Gasteiger partial charge in [0.25, 0.3) is 0 Å². The van der Waals surface area contributed by atoms with Crippen molar-refractivity contribution in [3.8, 4) is 5.75 Å². The molecular weight excluding hydrogens is 318 g/mol. The summed E-state index contributed by atoms with van der Waals surface area (Å²) >= 11 is 3.36. The molecule has 0 saturated heterocycles.